The van der Waals surface area contributed by atoms with Gasteiger partial charge in [-0.3, -0.25) is 5.10 Å². The Morgan fingerprint density at radius 3 is 2.69 bits per heavy atom. The molecule has 2 atom stereocenters. The van der Waals surface area contributed by atoms with Gasteiger partial charge in [-0.25, -0.2) is 0 Å². The molecular formula is C12H13N3S. The molecule has 16 heavy (non-hydrogen) atoms. The SMILES string of the molecule is Cn1c([C@H]2C[C@@H]2c2ccccc2)n[nH]c1=S. The number of hydrogen-bond acceptors (Lipinski definition) is 2. The summed E-state index contributed by atoms with van der Waals surface area (Å²) >= 11 is 5.12. The van der Waals surface area contributed by atoms with E-state index in [9.17, 15) is 0 Å². The predicted molar refractivity (Wildman–Crippen MR) is 64.9 cm³/mol. The average Bonchev–Trinajstić information content (AvgIpc) is 3.04. The lowest BCUT2D eigenvalue weighted by Gasteiger charge is -2.00. The van der Waals surface area contributed by atoms with Gasteiger partial charge in [0.1, 0.15) is 5.82 Å². The first kappa shape index (κ1) is 9.78. The number of H-pyrrole nitrogens is 1. The van der Waals surface area contributed by atoms with E-state index in [4.69, 9.17) is 12.2 Å². The fourth-order valence-corrected chi connectivity index (χ4v) is 2.38. The van der Waals surface area contributed by atoms with Crippen molar-refractivity contribution in [3.8, 4) is 0 Å². The maximum atomic E-state index is 5.12. The van der Waals surface area contributed by atoms with E-state index in [2.05, 4.69) is 40.5 Å². The number of aromatic nitrogens is 3. The van der Waals surface area contributed by atoms with Crippen LogP contribution in [0.25, 0.3) is 0 Å². The van der Waals surface area contributed by atoms with Crippen LogP contribution >= 0.6 is 12.2 Å². The topological polar surface area (TPSA) is 33.6 Å². The summed E-state index contributed by atoms with van der Waals surface area (Å²) < 4.78 is 2.68. The van der Waals surface area contributed by atoms with Crippen LogP contribution in [-0.4, -0.2) is 14.8 Å². The van der Waals surface area contributed by atoms with Crippen molar-refractivity contribution in [1.82, 2.24) is 14.8 Å². The molecule has 1 fully saturated rings. The number of nitrogens with zero attached hydrogens (tertiary/aromatic N) is 2. The molecule has 3 rings (SSSR count). The van der Waals surface area contributed by atoms with Crippen molar-refractivity contribution in [1.29, 1.82) is 0 Å². The Bertz CT molecular complexity index is 555. The van der Waals surface area contributed by atoms with Crippen LogP contribution in [0, 0.1) is 4.77 Å². The molecule has 82 valence electrons. The van der Waals surface area contributed by atoms with E-state index in [-0.39, 0.29) is 0 Å². The van der Waals surface area contributed by atoms with E-state index in [1.165, 1.54) is 12.0 Å². The molecule has 1 heterocycles. The van der Waals surface area contributed by atoms with Crippen LogP contribution < -0.4 is 0 Å². The third kappa shape index (κ3) is 1.50. The van der Waals surface area contributed by atoms with Crippen molar-refractivity contribution in [2.75, 3.05) is 0 Å². The molecule has 0 bridgehead atoms. The van der Waals surface area contributed by atoms with Gasteiger partial charge in [-0.1, -0.05) is 30.3 Å². The van der Waals surface area contributed by atoms with Crippen molar-refractivity contribution in [2.24, 2.45) is 7.05 Å². The molecule has 3 nitrogen and oxygen atoms in total. The minimum Gasteiger partial charge on any atom is -0.307 e. The highest BCUT2D eigenvalue weighted by atomic mass is 32.1. The van der Waals surface area contributed by atoms with E-state index in [1.54, 1.807) is 0 Å². The van der Waals surface area contributed by atoms with Crippen LogP contribution in [-0.2, 0) is 7.05 Å². The van der Waals surface area contributed by atoms with Gasteiger partial charge >= 0.3 is 0 Å². The van der Waals surface area contributed by atoms with Gasteiger partial charge in [0.05, 0.1) is 0 Å². The first-order valence-corrected chi connectivity index (χ1v) is 5.84. The maximum absolute atomic E-state index is 5.12. The van der Waals surface area contributed by atoms with Gasteiger partial charge in [-0.15, -0.1) is 0 Å². The van der Waals surface area contributed by atoms with Crippen molar-refractivity contribution in [3.63, 3.8) is 0 Å². The minimum absolute atomic E-state index is 0.528. The third-order valence-corrected chi connectivity index (χ3v) is 3.63. The molecule has 4 heteroatoms. The van der Waals surface area contributed by atoms with Crippen molar-refractivity contribution in [3.05, 3.63) is 46.5 Å². The maximum Gasteiger partial charge on any atom is 0.194 e. The molecule has 0 unspecified atom stereocenters. The molecule has 2 aromatic rings. The Hall–Kier alpha value is -1.42. The van der Waals surface area contributed by atoms with E-state index in [0.717, 1.165) is 5.82 Å². The zero-order chi connectivity index (χ0) is 11.1. The van der Waals surface area contributed by atoms with Gasteiger partial charge in [0, 0.05) is 13.0 Å². The summed E-state index contributed by atoms with van der Waals surface area (Å²) in [7, 11) is 1.97. The molecule has 0 saturated heterocycles. The van der Waals surface area contributed by atoms with Gasteiger partial charge in [0.15, 0.2) is 4.77 Å². The monoisotopic (exact) mass is 231 g/mol. The van der Waals surface area contributed by atoms with Crippen LogP contribution in [0.5, 0.6) is 0 Å². The summed E-state index contributed by atoms with van der Waals surface area (Å²) in [5.74, 6) is 2.23. The molecule has 1 aliphatic carbocycles. The Labute approximate surface area is 99.1 Å². The Morgan fingerprint density at radius 2 is 2.06 bits per heavy atom. The summed E-state index contributed by atoms with van der Waals surface area (Å²) in [6.07, 6.45) is 1.18. The minimum atomic E-state index is 0.528. The number of aromatic amines is 1. The summed E-state index contributed by atoms with van der Waals surface area (Å²) in [6, 6.07) is 10.6. The van der Waals surface area contributed by atoms with Crippen LogP contribution in [0.15, 0.2) is 30.3 Å². The van der Waals surface area contributed by atoms with E-state index < -0.39 is 0 Å². The highest BCUT2D eigenvalue weighted by Gasteiger charge is 2.42. The molecule has 1 aromatic heterocycles. The second-order valence-corrected chi connectivity index (χ2v) is 4.69. The van der Waals surface area contributed by atoms with Crippen LogP contribution in [0.3, 0.4) is 0 Å². The molecule has 0 amide bonds. The van der Waals surface area contributed by atoms with Crippen molar-refractivity contribution in [2.45, 2.75) is 18.3 Å². The molecule has 0 radical (unpaired) electrons. The van der Waals surface area contributed by atoms with Crippen LogP contribution in [0.2, 0.25) is 0 Å². The fourth-order valence-electron chi connectivity index (χ4n) is 2.24. The zero-order valence-corrected chi connectivity index (χ0v) is 9.87. The summed E-state index contributed by atoms with van der Waals surface area (Å²) in [6.45, 7) is 0. The predicted octanol–water partition coefficient (Wildman–Crippen LogP) is 2.75. The number of nitrogens with one attached hydrogen (secondary N) is 1. The smallest absolute Gasteiger partial charge is 0.194 e. The van der Waals surface area contributed by atoms with Crippen LogP contribution in [0.1, 0.15) is 29.6 Å². The van der Waals surface area contributed by atoms with Gasteiger partial charge in [0.25, 0.3) is 0 Å². The molecule has 0 aliphatic heterocycles. The number of rotatable bonds is 2. The lowest BCUT2D eigenvalue weighted by atomic mass is 10.1. The van der Waals surface area contributed by atoms with E-state index >= 15 is 0 Å². The van der Waals surface area contributed by atoms with Gasteiger partial charge in [-0.2, -0.15) is 5.10 Å². The van der Waals surface area contributed by atoms with Crippen molar-refractivity contribution < 1.29 is 0 Å². The second-order valence-electron chi connectivity index (χ2n) is 4.31. The first-order chi connectivity index (χ1) is 7.77. The molecule has 1 aromatic carbocycles. The Morgan fingerprint density at radius 1 is 1.31 bits per heavy atom. The largest absolute Gasteiger partial charge is 0.307 e. The van der Waals surface area contributed by atoms with Gasteiger partial charge in [-0.05, 0) is 30.1 Å². The molecule has 1 N–H and O–H groups in total. The number of hydrogen-bond donors (Lipinski definition) is 1. The molecule has 1 aliphatic rings. The summed E-state index contributed by atoms with van der Waals surface area (Å²) in [5, 5.41) is 7.14. The number of benzene rings is 1. The highest BCUT2D eigenvalue weighted by molar-refractivity contribution is 7.71. The van der Waals surface area contributed by atoms with Crippen LogP contribution in [0.4, 0.5) is 0 Å². The van der Waals surface area contributed by atoms with E-state index in [1.807, 2.05) is 11.6 Å². The second kappa shape index (κ2) is 3.56. The average molecular weight is 231 g/mol. The third-order valence-electron chi connectivity index (χ3n) is 3.26. The normalized spacial score (nSPS) is 23.3. The van der Waals surface area contributed by atoms with Gasteiger partial charge < -0.3 is 4.57 Å². The Kier molecular flexibility index (Phi) is 2.17. The highest BCUT2D eigenvalue weighted by Crippen LogP contribution is 2.53. The summed E-state index contributed by atoms with van der Waals surface area (Å²) in [4.78, 5) is 0. The summed E-state index contributed by atoms with van der Waals surface area (Å²) in [5.41, 5.74) is 1.40. The Balaban J connectivity index is 1.87. The fraction of sp³-hybridized carbons (Fsp3) is 0.333. The quantitative estimate of drug-likeness (QED) is 0.806. The van der Waals surface area contributed by atoms with E-state index in [0.29, 0.717) is 16.6 Å². The molecule has 1 saturated carbocycles. The zero-order valence-electron chi connectivity index (χ0n) is 9.05. The first-order valence-electron chi connectivity index (χ1n) is 5.43. The van der Waals surface area contributed by atoms with Gasteiger partial charge in [0.2, 0.25) is 0 Å². The lowest BCUT2D eigenvalue weighted by Crippen LogP contribution is -1.96. The molecule has 0 spiro atoms. The van der Waals surface area contributed by atoms with Crippen molar-refractivity contribution >= 4 is 12.2 Å². The standard InChI is InChI=1S/C12H13N3S/c1-15-11(13-14-12(15)16)10-7-9(10)8-5-3-2-4-6-8/h2-6,9-10H,7H2,1H3,(H,14,16)/t9-,10+/m1/s1. The lowest BCUT2D eigenvalue weighted by molar-refractivity contribution is 0.779. The molecular weight excluding hydrogens is 218 g/mol.